The van der Waals surface area contributed by atoms with Gasteiger partial charge in [0.1, 0.15) is 5.60 Å². The van der Waals surface area contributed by atoms with Crippen molar-refractivity contribution in [3.05, 3.63) is 12.2 Å². The van der Waals surface area contributed by atoms with Gasteiger partial charge >= 0.3 is 5.97 Å². The highest BCUT2D eigenvalue weighted by molar-refractivity contribution is 5.89. The van der Waals surface area contributed by atoms with E-state index in [2.05, 4.69) is 20.4 Å². The second kappa shape index (κ2) is 3.76. The molecule has 0 spiro atoms. The van der Waals surface area contributed by atoms with E-state index in [9.17, 15) is 4.79 Å². The third-order valence-electron chi connectivity index (χ3n) is 3.55. The lowest BCUT2D eigenvalue weighted by atomic mass is 9.77. The molecule has 0 aromatic carbocycles. The maximum absolute atomic E-state index is 11.5. The van der Waals surface area contributed by atoms with Crippen LogP contribution in [0.25, 0.3) is 0 Å². The Hall–Kier alpha value is -0.790. The summed E-state index contributed by atoms with van der Waals surface area (Å²) in [5.41, 5.74) is 0.317. The van der Waals surface area contributed by atoms with Gasteiger partial charge in [0.05, 0.1) is 0 Å². The molecule has 1 aliphatic heterocycles. The van der Waals surface area contributed by atoms with Crippen LogP contribution in [0, 0.1) is 11.8 Å². The van der Waals surface area contributed by atoms with Crippen LogP contribution < -0.4 is 0 Å². The van der Waals surface area contributed by atoms with E-state index in [0.717, 1.165) is 12.8 Å². The van der Waals surface area contributed by atoms with Crippen LogP contribution in [-0.4, -0.2) is 11.6 Å². The zero-order valence-electron chi connectivity index (χ0n) is 9.59. The lowest BCUT2D eigenvalue weighted by Gasteiger charge is -2.41. The molecule has 0 saturated carbocycles. The molecule has 1 fully saturated rings. The number of cyclic esters (lactones) is 1. The minimum Gasteiger partial charge on any atom is -0.456 e. The van der Waals surface area contributed by atoms with Crippen LogP contribution >= 0.6 is 0 Å². The molecule has 3 atom stereocenters. The molecule has 1 aliphatic rings. The standard InChI is InChI=1S/C12H20O2/c1-6-9(3)12(5)7-8(2)10(4)11(13)14-12/h8-9H,4,6-7H2,1-3,5H3. The molecule has 0 aromatic heterocycles. The molecule has 0 aromatic rings. The average molecular weight is 196 g/mol. The van der Waals surface area contributed by atoms with E-state index in [1.807, 2.05) is 13.8 Å². The zero-order valence-corrected chi connectivity index (χ0v) is 9.59. The maximum atomic E-state index is 11.5. The number of ether oxygens (including phenoxy) is 1. The van der Waals surface area contributed by atoms with Gasteiger partial charge < -0.3 is 4.74 Å². The van der Waals surface area contributed by atoms with E-state index in [-0.39, 0.29) is 17.5 Å². The van der Waals surface area contributed by atoms with Crippen LogP contribution in [0.2, 0.25) is 0 Å². The van der Waals surface area contributed by atoms with Gasteiger partial charge in [-0.05, 0) is 31.6 Å². The molecule has 3 unspecified atom stereocenters. The summed E-state index contributed by atoms with van der Waals surface area (Å²) in [6.45, 7) is 12.1. The molecule has 0 N–H and O–H groups in total. The van der Waals surface area contributed by atoms with Gasteiger partial charge in [0.15, 0.2) is 0 Å². The maximum Gasteiger partial charge on any atom is 0.334 e. The molecular weight excluding hydrogens is 176 g/mol. The number of esters is 1. The van der Waals surface area contributed by atoms with Gasteiger partial charge in [-0.25, -0.2) is 4.79 Å². The summed E-state index contributed by atoms with van der Waals surface area (Å²) in [6.07, 6.45) is 1.93. The first-order valence-electron chi connectivity index (χ1n) is 5.33. The van der Waals surface area contributed by atoms with Crippen molar-refractivity contribution in [2.24, 2.45) is 11.8 Å². The summed E-state index contributed by atoms with van der Waals surface area (Å²) >= 11 is 0. The molecule has 0 aliphatic carbocycles. The van der Waals surface area contributed by atoms with Gasteiger partial charge in [0.25, 0.3) is 0 Å². The van der Waals surface area contributed by atoms with Gasteiger partial charge in [-0.15, -0.1) is 0 Å². The molecule has 2 nitrogen and oxygen atoms in total. The molecule has 1 rings (SSSR count). The normalized spacial score (nSPS) is 35.3. The predicted molar refractivity (Wildman–Crippen MR) is 56.9 cm³/mol. The van der Waals surface area contributed by atoms with E-state index in [0.29, 0.717) is 11.5 Å². The number of carbonyl (C=O) groups is 1. The summed E-state index contributed by atoms with van der Waals surface area (Å²) in [4.78, 5) is 11.5. The molecule has 14 heavy (non-hydrogen) atoms. The highest BCUT2D eigenvalue weighted by Gasteiger charge is 2.41. The summed E-state index contributed by atoms with van der Waals surface area (Å²) < 4.78 is 5.47. The van der Waals surface area contributed by atoms with Gasteiger partial charge in [-0.2, -0.15) is 0 Å². The van der Waals surface area contributed by atoms with Crippen LogP contribution in [-0.2, 0) is 9.53 Å². The number of hydrogen-bond donors (Lipinski definition) is 0. The monoisotopic (exact) mass is 196 g/mol. The predicted octanol–water partition coefficient (Wildman–Crippen LogP) is 2.93. The van der Waals surface area contributed by atoms with E-state index in [1.54, 1.807) is 0 Å². The Bertz CT molecular complexity index is 257. The van der Waals surface area contributed by atoms with Gasteiger partial charge in [-0.1, -0.05) is 27.4 Å². The highest BCUT2D eigenvalue weighted by atomic mass is 16.6. The van der Waals surface area contributed by atoms with Crippen molar-refractivity contribution in [1.82, 2.24) is 0 Å². The average Bonchev–Trinajstić information content (AvgIpc) is 2.12. The van der Waals surface area contributed by atoms with Crippen molar-refractivity contribution in [2.45, 2.75) is 46.1 Å². The lowest BCUT2D eigenvalue weighted by molar-refractivity contribution is -0.167. The van der Waals surface area contributed by atoms with E-state index >= 15 is 0 Å². The molecular formula is C12H20O2. The fourth-order valence-electron chi connectivity index (χ4n) is 1.98. The SMILES string of the molecule is C=C1C(=O)OC(C)(C(C)CC)CC1C. The van der Waals surface area contributed by atoms with Crippen LogP contribution in [0.4, 0.5) is 0 Å². The fourth-order valence-corrected chi connectivity index (χ4v) is 1.98. The van der Waals surface area contributed by atoms with Crippen molar-refractivity contribution < 1.29 is 9.53 Å². The summed E-state index contributed by atoms with van der Waals surface area (Å²) in [5, 5.41) is 0. The smallest absolute Gasteiger partial charge is 0.334 e. The Labute approximate surface area is 86.3 Å². The van der Waals surface area contributed by atoms with Crippen molar-refractivity contribution in [1.29, 1.82) is 0 Å². The Kier molecular flexibility index (Phi) is 3.03. The Morgan fingerprint density at radius 3 is 2.71 bits per heavy atom. The molecule has 1 heterocycles. The molecule has 1 saturated heterocycles. The molecule has 0 radical (unpaired) electrons. The van der Waals surface area contributed by atoms with E-state index in [4.69, 9.17) is 4.74 Å². The number of hydrogen-bond acceptors (Lipinski definition) is 2. The highest BCUT2D eigenvalue weighted by Crippen LogP contribution is 2.38. The van der Waals surface area contributed by atoms with Crippen molar-refractivity contribution in [2.75, 3.05) is 0 Å². The van der Waals surface area contributed by atoms with E-state index in [1.165, 1.54) is 0 Å². The largest absolute Gasteiger partial charge is 0.456 e. The molecule has 80 valence electrons. The number of carbonyl (C=O) groups excluding carboxylic acids is 1. The van der Waals surface area contributed by atoms with Crippen LogP contribution in [0.15, 0.2) is 12.2 Å². The first-order valence-corrected chi connectivity index (χ1v) is 5.33. The lowest BCUT2D eigenvalue weighted by Crippen LogP contribution is -2.44. The van der Waals surface area contributed by atoms with Crippen molar-refractivity contribution >= 4 is 5.97 Å². The first kappa shape index (κ1) is 11.3. The Balaban J connectivity index is 2.84. The second-order valence-electron chi connectivity index (χ2n) is 4.64. The summed E-state index contributed by atoms with van der Waals surface area (Å²) in [6, 6.07) is 0. The van der Waals surface area contributed by atoms with Gasteiger partial charge in [0.2, 0.25) is 0 Å². The van der Waals surface area contributed by atoms with Crippen molar-refractivity contribution in [3.63, 3.8) is 0 Å². The molecule has 0 amide bonds. The Morgan fingerprint density at radius 2 is 2.29 bits per heavy atom. The second-order valence-corrected chi connectivity index (χ2v) is 4.64. The minimum absolute atomic E-state index is 0.216. The third-order valence-corrected chi connectivity index (χ3v) is 3.55. The van der Waals surface area contributed by atoms with E-state index < -0.39 is 0 Å². The van der Waals surface area contributed by atoms with Crippen LogP contribution in [0.1, 0.15) is 40.5 Å². The Morgan fingerprint density at radius 1 is 1.71 bits per heavy atom. The summed E-state index contributed by atoms with van der Waals surface area (Å²) in [7, 11) is 0. The quantitative estimate of drug-likeness (QED) is 0.501. The topological polar surface area (TPSA) is 26.3 Å². The van der Waals surface area contributed by atoms with Gasteiger partial charge in [0, 0.05) is 5.57 Å². The molecule has 2 heteroatoms. The van der Waals surface area contributed by atoms with Gasteiger partial charge in [-0.3, -0.25) is 0 Å². The molecule has 0 bridgehead atoms. The summed E-state index contributed by atoms with van der Waals surface area (Å²) in [5.74, 6) is 0.434. The zero-order chi connectivity index (χ0) is 10.9. The first-order chi connectivity index (χ1) is 6.40. The minimum atomic E-state index is -0.299. The number of rotatable bonds is 2. The van der Waals surface area contributed by atoms with Crippen LogP contribution in [0.5, 0.6) is 0 Å². The fraction of sp³-hybridized carbons (Fsp3) is 0.750. The third kappa shape index (κ3) is 1.84. The van der Waals surface area contributed by atoms with Crippen molar-refractivity contribution in [3.8, 4) is 0 Å². The van der Waals surface area contributed by atoms with Crippen LogP contribution in [0.3, 0.4) is 0 Å².